The van der Waals surface area contributed by atoms with E-state index in [1.807, 2.05) is 43.3 Å². The van der Waals surface area contributed by atoms with Gasteiger partial charge in [-0.25, -0.2) is 10.2 Å². The lowest BCUT2D eigenvalue weighted by molar-refractivity contribution is 0.0734. The normalized spacial score (nSPS) is 10.8. The molecule has 0 fully saturated rings. The molecule has 4 rings (SSSR count). The summed E-state index contributed by atoms with van der Waals surface area (Å²) in [5.74, 6) is 0.184. The summed E-state index contributed by atoms with van der Waals surface area (Å²) in [6, 6.07) is 26.8. The van der Waals surface area contributed by atoms with Gasteiger partial charge >= 0.3 is 5.97 Å². The second-order valence-electron chi connectivity index (χ2n) is 7.11. The summed E-state index contributed by atoms with van der Waals surface area (Å²) in [6.45, 7) is 2.44. The summed E-state index contributed by atoms with van der Waals surface area (Å²) in [5, 5.41) is 5.90. The van der Waals surface area contributed by atoms with Crippen LogP contribution in [0.4, 0.5) is 0 Å². The third-order valence-electron chi connectivity index (χ3n) is 4.93. The number of amides is 1. The van der Waals surface area contributed by atoms with Crippen LogP contribution in [-0.2, 0) is 0 Å². The molecule has 164 valence electrons. The highest BCUT2D eigenvalue weighted by atomic mass is 16.5. The van der Waals surface area contributed by atoms with E-state index in [1.54, 1.807) is 54.6 Å². The van der Waals surface area contributed by atoms with Crippen molar-refractivity contribution in [3.05, 3.63) is 108 Å². The maximum Gasteiger partial charge on any atom is 0.343 e. The summed E-state index contributed by atoms with van der Waals surface area (Å²) in [5.41, 5.74) is 3.99. The van der Waals surface area contributed by atoms with Gasteiger partial charge in [0.2, 0.25) is 0 Å². The highest BCUT2D eigenvalue weighted by Crippen LogP contribution is 2.27. The Morgan fingerprint density at radius 2 is 1.58 bits per heavy atom. The highest BCUT2D eigenvalue weighted by Gasteiger charge is 2.14. The van der Waals surface area contributed by atoms with Crippen LogP contribution in [0, 0.1) is 0 Å². The number of carbonyl (C=O) groups is 2. The molecule has 4 aromatic rings. The number of hydrazone groups is 1. The third kappa shape index (κ3) is 5.25. The Bertz CT molecular complexity index is 1300. The van der Waals surface area contributed by atoms with Crippen molar-refractivity contribution in [2.24, 2.45) is 5.10 Å². The number of nitrogens with one attached hydrogen (secondary N) is 1. The zero-order chi connectivity index (χ0) is 23.0. The summed E-state index contributed by atoms with van der Waals surface area (Å²) < 4.78 is 11.1. The van der Waals surface area contributed by atoms with Gasteiger partial charge in [-0.05, 0) is 60.2 Å². The van der Waals surface area contributed by atoms with Crippen LogP contribution in [0.1, 0.15) is 33.2 Å². The number of fused-ring (bicyclic) bond motifs is 1. The van der Waals surface area contributed by atoms with Crippen molar-refractivity contribution < 1.29 is 19.1 Å². The van der Waals surface area contributed by atoms with Crippen LogP contribution in [-0.4, -0.2) is 24.7 Å². The molecule has 0 saturated heterocycles. The smallest absolute Gasteiger partial charge is 0.343 e. The van der Waals surface area contributed by atoms with E-state index in [9.17, 15) is 9.59 Å². The van der Waals surface area contributed by atoms with Crippen molar-refractivity contribution in [1.82, 2.24) is 5.43 Å². The maximum absolute atomic E-state index is 12.8. The molecule has 0 aliphatic rings. The summed E-state index contributed by atoms with van der Waals surface area (Å²) in [6.07, 6.45) is 1.49. The minimum absolute atomic E-state index is 0.333. The number of benzene rings is 4. The Kier molecular flexibility index (Phi) is 6.75. The molecule has 4 aromatic carbocycles. The molecule has 0 saturated carbocycles. The lowest BCUT2D eigenvalue weighted by Gasteiger charge is -2.11. The van der Waals surface area contributed by atoms with Crippen LogP contribution >= 0.6 is 0 Å². The molecule has 0 heterocycles. The van der Waals surface area contributed by atoms with Gasteiger partial charge in [0.15, 0.2) is 0 Å². The van der Waals surface area contributed by atoms with Gasteiger partial charge in [-0.3, -0.25) is 4.79 Å². The fraction of sp³-hybridized carbons (Fsp3) is 0.0741. The topological polar surface area (TPSA) is 77.0 Å². The average Bonchev–Trinajstić information content (AvgIpc) is 2.86. The van der Waals surface area contributed by atoms with Crippen LogP contribution in [0.3, 0.4) is 0 Å². The van der Waals surface area contributed by atoms with Crippen molar-refractivity contribution in [3.63, 3.8) is 0 Å². The highest BCUT2D eigenvalue weighted by molar-refractivity contribution is 6.04. The molecule has 0 atom stereocenters. The number of carbonyl (C=O) groups excluding carboxylic acids is 2. The predicted molar refractivity (Wildman–Crippen MR) is 128 cm³/mol. The van der Waals surface area contributed by atoms with E-state index in [0.717, 1.165) is 10.8 Å². The van der Waals surface area contributed by atoms with Gasteiger partial charge in [-0.15, -0.1) is 0 Å². The first-order chi connectivity index (χ1) is 16.2. The molecule has 33 heavy (non-hydrogen) atoms. The van der Waals surface area contributed by atoms with Gasteiger partial charge in [0.05, 0.1) is 18.4 Å². The molecule has 0 bridgehead atoms. The Labute approximate surface area is 191 Å². The molecular weight excluding hydrogens is 416 g/mol. The quantitative estimate of drug-likeness (QED) is 0.186. The summed E-state index contributed by atoms with van der Waals surface area (Å²) >= 11 is 0. The molecule has 6 heteroatoms. The van der Waals surface area contributed by atoms with Gasteiger partial charge < -0.3 is 9.47 Å². The molecule has 0 aliphatic heterocycles. The lowest BCUT2D eigenvalue weighted by Crippen LogP contribution is -2.17. The Hall–Kier alpha value is -4.45. The van der Waals surface area contributed by atoms with Crippen molar-refractivity contribution in [2.45, 2.75) is 6.92 Å². The number of nitrogens with zero attached hydrogens (tertiary/aromatic N) is 1. The summed E-state index contributed by atoms with van der Waals surface area (Å²) in [4.78, 5) is 25.1. The SMILES string of the molecule is CCOc1ccc(C(=O)Oc2ccc3ccccc3c2/C=N\NC(=O)c2ccccc2)cc1. The van der Waals surface area contributed by atoms with E-state index in [-0.39, 0.29) is 5.91 Å². The van der Waals surface area contributed by atoms with Crippen LogP contribution in [0.5, 0.6) is 11.5 Å². The molecule has 0 aliphatic carbocycles. The maximum atomic E-state index is 12.8. The number of rotatable bonds is 7. The standard InChI is InChI=1S/C27H22N2O4/c1-2-32-22-15-12-21(13-16-22)27(31)33-25-17-14-19-8-6-7-11-23(19)24(25)18-28-29-26(30)20-9-4-3-5-10-20/h3-18H,2H2,1H3,(H,29,30)/b28-18-. The molecule has 0 unspecified atom stereocenters. The first-order valence-electron chi connectivity index (χ1n) is 10.5. The molecule has 6 nitrogen and oxygen atoms in total. The van der Waals surface area contributed by atoms with E-state index < -0.39 is 5.97 Å². The molecular formula is C27H22N2O4. The van der Waals surface area contributed by atoms with Gasteiger partial charge in [-0.2, -0.15) is 5.10 Å². The first kappa shape index (κ1) is 21.8. The van der Waals surface area contributed by atoms with Crippen LogP contribution in [0.2, 0.25) is 0 Å². The van der Waals surface area contributed by atoms with Crippen molar-refractivity contribution >= 4 is 28.9 Å². The number of ether oxygens (including phenoxy) is 2. The number of hydrogen-bond acceptors (Lipinski definition) is 5. The van der Waals surface area contributed by atoms with Gasteiger partial charge in [0.25, 0.3) is 5.91 Å². The zero-order valence-corrected chi connectivity index (χ0v) is 18.0. The van der Waals surface area contributed by atoms with E-state index in [2.05, 4.69) is 10.5 Å². The van der Waals surface area contributed by atoms with Crippen LogP contribution in [0.25, 0.3) is 10.8 Å². The fourth-order valence-electron chi connectivity index (χ4n) is 3.32. The van der Waals surface area contributed by atoms with E-state index >= 15 is 0 Å². The second kappa shape index (κ2) is 10.2. The molecule has 0 aromatic heterocycles. The monoisotopic (exact) mass is 438 g/mol. The Balaban J connectivity index is 1.59. The molecule has 1 amide bonds. The summed E-state index contributed by atoms with van der Waals surface area (Å²) in [7, 11) is 0. The van der Waals surface area contributed by atoms with Crippen LogP contribution in [0.15, 0.2) is 96.1 Å². The van der Waals surface area contributed by atoms with Gasteiger partial charge in [-0.1, -0.05) is 48.5 Å². The lowest BCUT2D eigenvalue weighted by atomic mass is 10.0. The average molecular weight is 438 g/mol. The Morgan fingerprint density at radius 1 is 0.848 bits per heavy atom. The predicted octanol–water partition coefficient (Wildman–Crippen LogP) is 5.22. The van der Waals surface area contributed by atoms with E-state index in [0.29, 0.717) is 34.8 Å². The van der Waals surface area contributed by atoms with Crippen molar-refractivity contribution in [3.8, 4) is 11.5 Å². The van der Waals surface area contributed by atoms with Crippen LogP contribution < -0.4 is 14.9 Å². The zero-order valence-electron chi connectivity index (χ0n) is 18.0. The largest absolute Gasteiger partial charge is 0.494 e. The van der Waals surface area contributed by atoms with Gasteiger partial charge in [0, 0.05) is 11.1 Å². The van der Waals surface area contributed by atoms with Crippen molar-refractivity contribution in [1.29, 1.82) is 0 Å². The van der Waals surface area contributed by atoms with Crippen molar-refractivity contribution in [2.75, 3.05) is 6.61 Å². The first-order valence-corrected chi connectivity index (χ1v) is 10.5. The molecule has 0 spiro atoms. The Morgan fingerprint density at radius 3 is 2.33 bits per heavy atom. The third-order valence-corrected chi connectivity index (χ3v) is 4.93. The molecule has 1 N–H and O–H groups in total. The minimum Gasteiger partial charge on any atom is -0.494 e. The number of esters is 1. The van der Waals surface area contributed by atoms with E-state index in [4.69, 9.17) is 9.47 Å². The second-order valence-corrected chi connectivity index (χ2v) is 7.11. The van der Waals surface area contributed by atoms with Gasteiger partial charge in [0.1, 0.15) is 11.5 Å². The number of hydrogen-bond donors (Lipinski definition) is 1. The molecule has 0 radical (unpaired) electrons. The van der Waals surface area contributed by atoms with E-state index in [1.165, 1.54) is 6.21 Å². The minimum atomic E-state index is -0.503. The fourth-order valence-corrected chi connectivity index (χ4v) is 3.32.